The normalized spacial score (nSPS) is 11.7. The van der Waals surface area contributed by atoms with E-state index in [0.29, 0.717) is 35.5 Å². The van der Waals surface area contributed by atoms with E-state index in [4.69, 9.17) is 9.84 Å². The van der Waals surface area contributed by atoms with Crippen molar-refractivity contribution in [2.75, 3.05) is 7.11 Å². The number of H-pyrrole nitrogens is 1. The Bertz CT molecular complexity index is 1690. The van der Waals surface area contributed by atoms with Crippen molar-refractivity contribution in [3.63, 3.8) is 0 Å². The van der Waals surface area contributed by atoms with E-state index in [-0.39, 0.29) is 11.6 Å². The Balaban J connectivity index is 1.87. The van der Waals surface area contributed by atoms with Gasteiger partial charge in [0.05, 0.1) is 20.0 Å². The number of aryl methyl sites for hydroxylation is 1. The van der Waals surface area contributed by atoms with Crippen LogP contribution in [0.5, 0.6) is 5.75 Å². The van der Waals surface area contributed by atoms with Crippen LogP contribution in [0.25, 0.3) is 33.2 Å². The van der Waals surface area contributed by atoms with Crippen molar-refractivity contribution in [1.29, 1.82) is 0 Å². The summed E-state index contributed by atoms with van der Waals surface area (Å²) in [6.07, 6.45) is 1.60. The molecular weight excluding hydrogens is 444 g/mol. The van der Waals surface area contributed by atoms with Gasteiger partial charge in [-0.05, 0) is 29.7 Å². The molecule has 180 valence electrons. The lowest BCUT2D eigenvalue weighted by Crippen LogP contribution is -2.38. The van der Waals surface area contributed by atoms with Crippen molar-refractivity contribution in [3.05, 3.63) is 74.8 Å². The summed E-state index contributed by atoms with van der Waals surface area (Å²) in [5.41, 5.74) is 2.53. The minimum Gasteiger partial charge on any atom is -0.496 e. The highest BCUT2D eigenvalue weighted by atomic mass is 16.5. The molecule has 0 unspecified atom stereocenters. The number of hydrogen-bond acceptors (Lipinski definition) is 5. The number of methoxy groups -OCH3 is 1. The maximum atomic E-state index is 13.4. The molecule has 0 bridgehead atoms. The summed E-state index contributed by atoms with van der Waals surface area (Å²) in [4.78, 5) is 34.1. The van der Waals surface area contributed by atoms with Crippen molar-refractivity contribution >= 4 is 21.8 Å². The first-order valence-corrected chi connectivity index (χ1v) is 11.6. The van der Waals surface area contributed by atoms with Crippen molar-refractivity contribution in [2.24, 2.45) is 13.0 Å². The van der Waals surface area contributed by atoms with E-state index in [9.17, 15) is 9.59 Å². The SMILES string of the molecule is COc1ccc2ccccc2c1Cn1nc2c(c1-c1nc[nH]c1C)c(=O)n(C)c(=O)n2CC(C)C. The van der Waals surface area contributed by atoms with Gasteiger partial charge < -0.3 is 9.72 Å². The molecule has 0 fully saturated rings. The average Bonchev–Trinajstić information content (AvgIpc) is 3.43. The molecule has 5 rings (SSSR count). The van der Waals surface area contributed by atoms with E-state index in [2.05, 4.69) is 9.97 Å². The first-order chi connectivity index (χ1) is 16.8. The summed E-state index contributed by atoms with van der Waals surface area (Å²) >= 11 is 0. The molecule has 0 saturated carbocycles. The minimum atomic E-state index is -0.390. The van der Waals surface area contributed by atoms with Crippen LogP contribution in [-0.4, -0.2) is 36.0 Å². The molecule has 0 aliphatic carbocycles. The van der Waals surface area contributed by atoms with E-state index < -0.39 is 5.56 Å². The van der Waals surface area contributed by atoms with Gasteiger partial charge in [0.25, 0.3) is 5.56 Å². The second kappa shape index (κ2) is 8.57. The number of ether oxygens (including phenoxy) is 1. The zero-order valence-electron chi connectivity index (χ0n) is 20.5. The molecule has 0 radical (unpaired) electrons. The second-order valence-electron chi connectivity index (χ2n) is 9.20. The summed E-state index contributed by atoms with van der Waals surface area (Å²) < 4.78 is 10.2. The molecule has 9 heteroatoms. The van der Waals surface area contributed by atoms with Gasteiger partial charge in [-0.25, -0.2) is 9.78 Å². The van der Waals surface area contributed by atoms with E-state index in [0.717, 1.165) is 32.3 Å². The highest BCUT2D eigenvalue weighted by Gasteiger charge is 2.25. The summed E-state index contributed by atoms with van der Waals surface area (Å²) in [5.74, 6) is 0.910. The maximum absolute atomic E-state index is 13.4. The second-order valence-corrected chi connectivity index (χ2v) is 9.20. The molecule has 1 N–H and O–H groups in total. The molecular formula is C26H28N6O3. The van der Waals surface area contributed by atoms with Gasteiger partial charge in [0.15, 0.2) is 5.65 Å². The Morgan fingerprint density at radius 2 is 1.89 bits per heavy atom. The Labute approximate surface area is 201 Å². The smallest absolute Gasteiger partial charge is 0.332 e. The Morgan fingerprint density at radius 1 is 1.11 bits per heavy atom. The number of aromatic amines is 1. The molecule has 0 saturated heterocycles. The molecule has 2 aromatic carbocycles. The van der Waals surface area contributed by atoms with Crippen LogP contribution >= 0.6 is 0 Å². The molecule has 9 nitrogen and oxygen atoms in total. The molecule has 3 aromatic heterocycles. The lowest BCUT2D eigenvalue weighted by Gasteiger charge is -2.14. The van der Waals surface area contributed by atoms with Crippen LogP contribution in [0.1, 0.15) is 25.1 Å². The molecule has 0 atom stereocenters. The van der Waals surface area contributed by atoms with Gasteiger partial charge in [0.2, 0.25) is 0 Å². The van der Waals surface area contributed by atoms with Crippen LogP contribution in [0.15, 0.2) is 52.3 Å². The lowest BCUT2D eigenvalue weighted by atomic mass is 10.0. The standard InChI is InChI=1S/C26H28N6O3/c1-15(2)12-31-24-21(25(33)30(4)26(31)34)23(22-16(3)27-14-28-22)32(29-24)13-19-18-9-7-6-8-17(18)10-11-20(19)35-5/h6-11,14-15H,12-13H2,1-5H3,(H,27,28). The predicted octanol–water partition coefficient (Wildman–Crippen LogP) is 3.46. The van der Waals surface area contributed by atoms with Crippen LogP contribution in [-0.2, 0) is 20.1 Å². The van der Waals surface area contributed by atoms with Gasteiger partial charge in [-0.3, -0.25) is 18.6 Å². The quantitative estimate of drug-likeness (QED) is 0.408. The summed E-state index contributed by atoms with van der Waals surface area (Å²) in [7, 11) is 3.15. The lowest BCUT2D eigenvalue weighted by molar-refractivity contribution is 0.408. The fourth-order valence-corrected chi connectivity index (χ4v) is 4.66. The van der Waals surface area contributed by atoms with Gasteiger partial charge in [-0.15, -0.1) is 0 Å². The molecule has 35 heavy (non-hydrogen) atoms. The number of aromatic nitrogens is 6. The maximum Gasteiger partial charge on any atom is 0.332 e. The monoisotopic (exact) mass is 472 g/mol. The molecule has 0 aliphatic rings. The molecule has 5 aromatic rings. The highest BCUT2D eigenvalue weighted by Crippen LogP contribution is 2.32. The van der Waals surface area contributed by atoms with Crippen LogP contribution < -0.4 is 16.0 Å². The van der Waals surface area contributed by atoms with Gasteiger partial charge in [0.1, 0.15) is 22.5 Å². The zero-order valence-corrected chi connectivity index (χ0v) is 20.5. The number of hydrogen-bond donors (Lipinski definition) is 1. The highest BCUT2D eigenvalue weighted by molar-refractivity contribution is 5.91. The van der Waals surface area contributed by atoms with Crippen molar-refractivity contribution < 1.29 is 4.74 Å². The van der Waals surface area contributed by atoms with Gasteiger partial charge in [-0.2, -0.15) is 5.10 Å². The number of benzene rings is 2. The topological polar surface area (TPSA) is 99.7 Å². The average molecular weight is 473 g/mol. The van der Waals surface area contributed by atoms with Gasteiger partial charge in [0, 0.05) is 24.8 Å². The van der Waals surface area contributed by atoms with Gasteiger partial charge in [-0.1, -0.05) is 44.2 Å². The minimum absolute atomic E-state index is 0.187. The molecule has 3 heterocycles. The number of nitrogens with zero attached hydrogens (tertiary/aromatic N) is 5. The fourth-order valence-electron chi connectivity index (χ4n) is 4.66. The van der Waals surface area contributed by atoms with Crippen molar-refractivity contribution in [1.82, 2.24) is 28.9 Å². The Morgan fingerprint density at radius 3 is 2.57 bits per heavy atom. The first-order valence-electron chi connectivity index (χ1n) is 11.6. The number of imidazole rings is 1. The van der Waals surface area contributed by atoms with Crippen LogP contribution in [0.3, 0.4) is 0 Å². The summed E-state index contributed by atoms with van der Waals surface area (Å²) in [6, 6.07) is 12.0. The predicted molar refractivity (Wildman–Crippen MR) is 136 cm³/mol. The Kier molecular flexibility index (Phi) is 5.55. The largest absolute Gasteiger partial charge is 0.496 e. The van der Waals surface area contributed by atoms with Gasteiger partial charge >= 0.3 is 5.69 Å². The number of fused-ring (bicyclic) bond motifs is 2. The van der Waals surface area contributed by atoms with Crippen molar-refractivity contribution in [3.8, 4) is 17.1 Å². The third kappa shape index (κ3) is 3.63. The zero-order chi connectivity index (χ0) is 24.9. The fraction of sp³-hybridized carbons (Fsp3) is 0.308. The Hall–Kier alpha value is -4.14. The molecule has 0 aliphatic heterocycles. The molecule has 0 amide bonds. The van der Waals surface area contributed by atoms with E-state index in [1.165, 1.54) is 7.05 Å². The van der Waals surface area contributed by atoms with Crippen LogP contribution in [0.2, 0.25) is 0 Å². The van der Waals surface area contributed by atoms with E-state index in [1.54, 1.807) is 22.7 Å². The third-order valence-corrected chi connectivity index (χ3v) is 6.35. The first kappa shape index (κ1) is 22.6. The number of nitrogens with one attached hydrogen (secondary N) is 1. The summed E-state index contributed by atoms with van der Waals surface area (Å²) in [6.45, 7) is 6.73. The van der Waals surface area contributed by atoms with Crippen LogP contribution in [0.4, 0.5) is 0 Å². The summed E-state index contributed by atoms with van der Waals surface area (Å²) in [5, 5.41) is 7.34. The van der Waals surface area contributed by atoms with E-state index in [1.807, 2.05) is 57.2 Å². The van der Waals surface area contributed by atoms with Crippen molar-refractivity contribution in [2.45, 2.75) is 33.9 Å². The number of rotatable bonds is 6. The van der Waals surface area contributed by atoms with E-state index >= 15 is 0 Å². The molecule has 0 spiro atoms. The van der Waals surface area contributed by atoms with Crippen LogP contribution in [0, 0.1) is 12.8 Å². The third-order valence-electron chi connectivity index (χ3n) is 6.35.